The van der Waals surface area contributed by atoms with Gasteiger partial charge in [0.05, 0.1) is 0 Å². The van der Waals surface area contributed by atoms with E-state index in [4.69, 9.17) is 0 Å². The van der Waals surface area contributed by atoms with Crippen molar-refractivity contribution in [2.24, 2.45) is 0 Å². The van der Waals surface area contributed by atoms with Gasteiger partial charge >= 0.3 is 0 Å². The molecule has 28 heavy (non-hydrogen) atoms. The molecule has 4 rings (SSSR count). The number of rotatable bonds is 8. The molecule has 0 heterocycles. The summed E-state index contributed by atoms with van der Waals surface area (Å²) in [5.41, 5.74) is 2.79. The molecule has 0 N–H and O–H groups in total. The molecule has 0 atom stereocenters. The highest BCUT2D eigenvalue weighted by molar-refractivity contribution is 5.92. The summed E-state index contributed by atoms with van der Waals surface area (Å²) in [7, 11) is 0. The van der Waals surface area contributed by atoms with E-state index < -0.39 is 0 Å². The van der Waals surface area contributed by atoms with Crippen LogP contribution in [-0.4, -0.2) is 0 Å². The van der Waals surface area contributed by atoms with Gasteiger partial charge in [-0.25, -0.2) is 0 Å². The smallest absolute Gasteiger partial charge is 0.0352 e. The molecule has 0 aliphatic rings. The van der Waals surface area contributed by atoms with Crippen LogP contribution in [0.5, 0.6) is 0 Å². The van der Waals surface area contributed by atoms with Crippen molar-refractivity contribution in [3.8, 4) is 0 Å². The highest BCUT2D eigenvalue weighted by Crippen LogP contribution is 2.37. The third-order valence-electron chi connectivity index (χ3n) is 5.76. The zero-order valence-electron chi connectivity index (χ0n) is 16.8. The summed E-state index contributed by atoms with van der Waals surface area (Å²) in [5.74, 6) is 1.49. The fourth-order valence-electron chi connectivity index (χ4n) is 4.30. The third kappa shape index (κ3) is 3.97. The van der Waals surface area contributed by atoms with Crippen molar-refractivity contribution in [1.82, 2.24) is 0 Å². The van der Waals surface area contributed by atoms with Crippen molar-refractivity contribution in [3.05, 3.63) is 102 Å². The van der Waals surface area contributed by atoms with Gasteiger partial charge in [0, 0.05) is 5.92 Å². The minimum Gasteiger partial charge on any atom is -0.0654 e. The standard InChI is InChI=1S/C28H29/c1-2-3-4-5-6-19-28(26-20-11-15-22-13-7-9-17-24(22)26)27-21-12-16-23-14-8-10-18-25(23)27/h7-18,20-21H,2-6,19H2,1H3. The lowest BCUT2D eigenvalue weighted by Gasteiger charge is -2.21. The summed E-state index contributed by atoms with van der Waals surface area (Å²) in [6.07, 6.45) is 7.68. The predicted molar refractivity (Wildman–Crippen MR) is 123 cm³/mol. The van der Waals surface area contributed by atoms with Gasteiger partial charge in [0.2, 0.25) is 0 Å². The van der Waals surface area contributed by atoms with E-state index in [0.29, 0.717) is 0 Å². The molecule has 141 valence electrons. The molecule has 0 aliphatic carbocycles. The Morgan fingerprint density at radius 1 is 0.536 bits per heavy atom. The van der Waals surface area contributed by atoms with E-state index in [-0.39, 0.29) is 0 Å². The van der Waals surface area contributed by atoms with Crippen molar-refractivity contribution in [2.75, 3.05) is 0 Å². The summed E-state index contributed by atoms with van der Waals surface area (Å²) in [6, 6.07) is 31.1. The molecule has 0 fully saturated rings. The van der Waals surface area contributed by atoms with Gasteiger partial charge in [0.25, 0.3) is 0 Å². The van der Waals surface area contributed by atoms with Crippen LogP contribution in [-0.2, 0) is 0 Å². The zero-order valence-corrected chi connectivity index (χ0v) is 16.8. The lowest BCUT2D eigenvalue weighted by molar-refractivity contribution is 0.622. The van der Waals surface area contributed by atoms with E-state index >= 15 is 0 Å². The number of hydrogen-bond donors (Lipinski definition) is 0. The second kappa shape index (κ2) is 9.06. The summed E-state index contributed by atoms with van der Waals surface area (Å²) in [4.78, 5) is 0. The molecule has 0 spiro atoms. The van der Waals surface area contributed by atoms with Gasteiger partial charge in [0.15, 0.2) is 0 Å². The van der Waals surface area contributed by atoms with E-state index in [0.717, 1.165) is 6.42 Å². The molecule has 0 heteroatoms. The van der Waals surface area contributed by atoms with Crippen LogP contribution in [0.4, 0.5) is 0 Å². The molecule has 0 nitrogen and oxygen atoms in total. The molecule has 0 saturated carbocycles. The third-order valence-corrected chi connectivity index (χ3v) is 5.76. The molecule has 0 aromatic heterocycles. The Bertz CT molecular complexity index is 954. The SMILES string of the molecule is CCCCCCC[C](c1cccc2ccccc12)c1cccc2ccccc12. The minimum absolute atomic E-state index is 1.13. The van der Waals surface area contributed by atoms with Crippen LogP contribution >= 0.6 is 0 Å². The average molecular weight is 366 g/mol. The number of fused-ring (bicyclic) bond motifs is 2. The lowest BCUT2D eigenvalue weighted by atomic mass is 9.82. The molecule has 0 aliphatic heterocycles. The van der Waals surface area contributed by atoms with Crippen molar-refractivity contribution < 1.29 is 0 Å². The molecule has 0 saturated heterocycles. The van der Waals surface area contributed by atoms with E-state index in [9.17, 15) is 0 Å². The van der Waals surface area contributed by atoms with E-state index in [2.05, 4.69) is 91.9 Å². The van der Waals surface area contributed by atoms with Gasteiger partial charge in [-0.2, -0.15) is 0 Å². The maximum absolute atomic E-state index is 2.31. The van der Waals surface area contributed by atoms with Gasteiger partial charge in [-0.3, -0.25) is 0 Å². The quantitative estimate of drug-likeness (QED) is 0.275. The first-order valence-corrected chi connectivity index (χ1v) is 10.7. The van der Waals surface area contributed by atoms with Crippen molar-refractivity contribution in [1.29, 1.82) is 0 Å². The Morgan fingerprint density at radius 2 is 1.04 bits per heavy atom. The maximum atomic E-state index is 2.31. The van der Waals surface area contributed by atoms with E-state index in [1.807, 2.05) is 0 Å². The van der Waals surface area contributed by atoms with Crippen molar-refractivity contribution in [2.45, 2.75) is 45.4 Å². The molecule has 4 aromatic rings. The molecule has 0 unspecified atom stereocenters. The van der Waals surface area contributed by atoms with Crippen LogP contribution in [0.1, 0.15) is 56.6 Å². The van der Waals surface area contributed by atoms with Crippen LogP contribution in [0.15, 0.2) is 84.9 Å². The number of hydrogen-bond acceptors (Lipinski definition) is 0. The number of unbranched alkanes of at least 4 members (excludes halogenated alkanes) is 4. The Labute approximate surface area is 169 Å². The molecule has 4 aromatic carbocycles. The second-order valence-corrected chi connectivity index (χ2v) is 7.70. The Kier molecular flexibility index (Phi) is 6.07. The average Bonchev–Trinajstić information content (AvgIpc) is 2.76. The Hall–Kier alpha value is -2.60. The summed E-state index contributed by atoms with van der Waals surface area (Å²) >= 11 is 0. The van der Waals surface area contributed by atoms with Gasteiger partial charge in [-0.1, -0.05) is 124 Å². The molecular formula is C28H29. The topological polar surface area (TPSA) is 0 Å². The fraction of sp³-hybridized carbons (Fsp3) is 0.250. The first-order valence-electron chi connectivity index (χ1n) is 10.7. The van der Waals surface area contributed by atoms with Crippen LogP contribution in [0.25, 0.3) is 21.5 Å². The zero-order chi connectivity index (χ0) is 19.2. The van der Waals surface area contributed by atoms with Gasteiger partial charge in [0.1, 0.15) is 0 Å². The molecular weight excluding hydrogens is 336 g/mol. The monoisotopic (exact) mass is 365 g/mol. The Balaban J connectivity index is 1.77. The summed E-state index contributed by atoms with van der Waals surface area (Å²) < 4.78 is 0. The van der Waals surface area contributed by atoms with E-state index in [1.165, 1.54) is 70.7 Å². The van der Waals surface area contributed by atoms with Crippen molar-refractivity contribution >= 4 is 21.5 Å². The highest BCUT2D eigenvalue weighted by atomic mass is 14.2. The largest absolute Gasteiger partial charge is 0.0654 e. The van der Waals surface area contributed by atoms with Gasteiger partial charge in [-0.05, 0) is 39.1 Å². The first kappa shape index (κ1) is 18.7. The summed E-state index contributed by atoms with van der Waals surface area (Å²) in [5, 5.41) is 5.37. The number of benzene rings is 4. The molecule has 0 amide bonds. The second-order valence-electron chi connectivity index (χ2n) is 7.70. The lowest BCUT2D eigenvalue weighted by Crippen LogP contribution is -2.04. The highest BCUT2D eigenvalue weighted by Gasteiger charge is 2.19. The normalized spacial score (nSPS) is 11.5. The fourth-order valence-corrected chi connectivity index (χ4v) is 4.30. The molecule has 0 bridgehead atoms. The predicted octanol–water partition coefficient (Wildman–Crippen LogP) is 8.32. The van der Waals surface area contributed by atoms with Gasteiger partial charge in [-0.15, -0.1) is 0 Å². The van der Waals surface area contributed by atoms with Crippen LogP contribution in [0, 0.1) is 5.92 Å². The maximum Gasteiger partial charge on any atom is 0.0352 e. The minimum atomic E-state index is 1.13. The van der Waals surface area contributed by atoms with Crippen molar-refractivity contribution in [3.63, 3.8) is 0 Å². The Morgan fingerprint density at radius 3 is 1.61 bits per heavy atom. The van der Waals surface area contributed by atoms with Crippen LogP contribution < -0.4 is 0 Å². The van der Waals surface area contributed by atoms with Crippen LogP contribution in [0.3, 0.4) is 0 Å². The first-order chi connectivity index (χ1) is 13.9. The van der Waals surface area contributed by atoms with Crippen LogP contribution in [0.2, 0.25) is 0 Å². The van der Waals surface area contributed by atoms with E-state index in [1.54, 1.807) is 0 Å². The summed E-state index contributed by atoms with van der Waals surface area (Å²) in [6.45, 7) is 2.28. The van der Waals surface area contributed by atoms with Gasteiger partial charge < -0.3 is 0 Å². The molecule has 1 radical (unpaired) electrons.